The first-order valence-electron chi connectivity index (χ1n) is 11.6. The van der Waals surface area contributed by atoms with Crippen LogP contribution in [0.2, 0.25) is 0 Å². The number of hydrogen-bond donors (Lipinski definition) is 0. The largest absolute Gasteiger partial charge is 0.318 e. The van der Waals surface area contributed by atoms with Crippen LogP contribution in [-0.4, -0.2) is 20.6 Å². The fourth-order valence-corrected chi connectivity index (χ4v) is 14.0. The molecule has 0 N–H and O–H groups in total. The molecule has 0 saturated carbocycles. The Labute approximate surface area is 197 Å². The van der Waals surface area contributed by atoms with E-state index >= 15 is 0 Å². The lowest BCUT2D eigenvalue weighted by atomic mass is 10.1. The molecule has 0 fully saturated rings. The Hall–Kier alpha value is -1.10. The van der Waals surface area contributed by atoms with E-state index in [1.54, 1.807) is 0 Å². The lowest BCUT2D eigenvalue weighted by molar-refractivity contribution is 0.527. The standard InChI is InChI=1S/C28H44O2P2/c1-25(2,3)31(29,26(4,5)6)23-19-15-13-17-21(23)22-18-14-16-20-24(22)32(30,27(7,8)9)28(10,11)12/h13-20H,1-12H3. The second-order valence-corrected chi connectivity index (χ2v) is 21.7. The van der Waals surface area contributed by atoms with E-state index in [1.807, 2.05) is 36.4 Å². The molecule has 0 aliphatic carbocycles. The Morgan fingerprint density at radius 2 is 0.656 bits per heavy atom. The van der Waals surface area contributed by atoms with Crippen molar-refractivity contribution >= 4 is 24.9 Å². The van der Waals surface area contributed by atoms with Gasteiger partial charge in [-0.3, -0.25) is 0 Å². The van der Waals surface area contributed by atoms with Gasteiger partial charge >= 0.3 is 0 Å². The third kappa shape index (κ3) is 4.23. The molecule has 4 heteroatoms. The molecule has 0 radical (unpaired) electrons. The molecule has 0 bridgehead atoms. The van der Waals surface area contributed by atoms with Crippen LogP contribution in [0.1, 0.15) is 83.1 Å². The molecule has 0 heterocycles. The van der Waals surface area contributed by atoms with Crippen molar-refractivity contribution in [2.45, 2.75) is 104 Å². The van der Waals surface area contributed by atoms with Gasteiger partial charge in [0.15, 0.2) is 0 Å². The fraction of sp³-hybridized carbons (Fsp3) is 0.571. The molecule has 2 aromatic carbocycles. The maximum absolute atomic E-state index is 14.9. The Balaban J connectivity index is 3.04. The van der Waals surface area contributed by atoms with Crippen LogP contribution in [0.3, 0.4) is 0 Å². The highest BCUT2D eigenvalue weighted by Crippen LogP contribution is 2.68. The Bertz CT molecular complexity index is 945. The third-order valence-electron chi connectivity index (χ3n) is 6.56. The van der Waals surface area contributed by atoms with Crippen molar-refractivity contribution in [3.63, 3.8) is 0 Å². The molecule has 0 unspecified atom stereocenters. The lowest BCUT2D eigenvalue weighted by Crippen LogP contribution is -2.37. The van der Waals surface area contributed by atoms with E-state index in [1.165, 1.54) is 0 Å². The zero-order chi connectivity index (χ0) is 25.0. The second-order valence-electron chi connectivity index (χ2n) is 12.9. The lowest BCUT2D eigenvalue weighted by Gasteiger charge is -2.44. The van der Waals surface area contributed by atoms with Crippen molar-refractivity contribution in [1.29, 1.82) is 0 Å². The van der Waals surface area contributed by atoms with E-state index in [0.717, 1.165) is 21.7 Å². The SMILES string of the molecule is CC(C)(C)P(=O)(c1ccccc1-c1ccccc1P(=O)(C(C)(C)C)C(C)(C)C)C(C)(C)C. The summed E-state index contributed by atoms with van der Waals surface area (Å²) in [6.07, 6.45) is 0. The van der Waals surface area contributed by atoms with E-state index in [4.69, 9.17) is 0 Å². The average Bonchev–Trinajstić information content (AvgIpc) is 2.63. The van der Waals surface area contributed by atoms with Gasteiger partial charge < -0.3 is 9.13 Å². The molecule has 0 saturated heterocycles. The smallest absolute Gasteiger partial charge is 0.126 e. The van der Waals surface area contributed by atoms with Crippen molar-refractivity contribution in [3.8, 4) is 11.1 Å². The first-order valence-corrected chi connectivity index (χ1v) is 15.0. The molecule has 178 valence electrons. The van der Waals surface area contributed by atoms with Gasteiger partial charge in [-0.2, -0.15) is 0 Å². The Kier molecular flexibility index (Phi) is 7.03. The minimum atomic E-state index is -2.89. The van der Waals surface area contributed by atoms with Gasteiger partial charge in [0, 0.05) is 31.2 Å². The second kappa shape index (κ2) is 8.29. The van der Waals surface area contributed by atoms with Crippen LogP contribution in [0.25, 0.3) is 11.1 Å². The molecular weight excluding hydrogens is 430 g/mol. The van der Waals surface area contributed by atoms with Gasteiger partial charge in [-0.25, -0.2) is 0 Å². The molecule has 0 amide bonds. The van der Waals surface area contributed by atoms with E-state index in [-0.39, 0.29) is 0 Å². The van der Waals surface area contributed by atoms with Gasteiger partial charge in [0.2, 0.25) is 0 Å². The quantitative estimate of drug-likeness (QED) is 0.418. The maximum atomic E-state index is 14.9. The van der Waals surface area contributed by atoms with Crippen LogP contribution in [0, 0.1) is 0 Å². The van der Waals surface area contributed by atoms with Crippen LogP contribution in [0.5, 0.6) is 0 Å². The topological polar surface area (TPSA) is 34.1 Å². The van der Waals surface area contributed by atoms with Crippen LogP contribution in [0.4, 0.5) is 0 Å². The zero-order valence-corrected chi connectivity index (χ0v) is 24.1. The highest BCUT2D eigenvalue weighted by molar-refractivity contribution is 7.75. The molecule has 0 aliphatic rings. The predicted molar refractivity (Wildman–Crippen MR) is 145 cm³/mol. The molecule has 2 nitrogen and oxygen atoms in total. The summed E-state index contributed by atoms with van der Waals surface area (Å²) in [4.78, 5) is 0. The first kappa shape index (κ1) is 27.1. The molecule has 32 heavy (non-hydrogen) atoms. The highest BCUT2D eigenvalue weighted by atomic mass is 31.2. The summed E-state index contributed by atoms with van der Waals surface area (Å²) >= 11 is 0. The van der Waals surface area contributed by atoms with Gasteiger partial charge in [0.25, 0.3) is 0 Å². The number of rotatable bonds is 3. The van der Waals surface area contributed by atoms with Crippen molar-refractivity contribution < 1.29 is 9.13 Å². The predicted octanol–water partition coefficient (Wildman–Crippen LogP) is 8.52. The van der Waals surface area contributed by atoms with Crippen molar-refractivity contribution in [2.75, 3.05) is 0 Å². The molecule has 0 spiro atoms. The third-order valence-corrected chi connectivity index (χ3v) is 16.2. The normalized spacial score (nSPS) is 14.5. The number of benzene rings is 2. The summed E-state index contributed by atoms with van der Waals surface area (Å²) in [5.41, 5.74) is 1.90. The van der Waals surface area contributed by atoms with Gasteiger partial charge in [0.1, 0.15) is 14.3 Å². The maximum Gasteiger partial charge on any atom is 0.126 e. The van der Waals surface area contributed by atoms with Gasteiger partial charge in [-0.05, 0) is 11.1 Å². The molecule has 2 aromatic rings. The van der Waals surface area contributed by atoms with E-state index < -0.39 is 34.9 Å². The van der Waals surface area contributed by atoms with E-state index in [2.05, 4.69) is 95.2 Å². The van der Waals surface area contributed by atoms with Crippen molar-refractivity contribution in [1.82, 2.24) is 0 Å². The van der Waals surface area contributed by atoms with Crippen LogP contribution < -0.4 is 10.6 Å². The molecule has 0 aromatic heterocycles. The van der Waals surface area contributed by atoms with Gasteiger partial charge in [-0.1, -0.05) is 132 Å². The Morgan fingerprint density at radius 1 is 0.438 bits per heavy atom. The number of hydrogen-bond acceptors (Lipinski definition) is 2. The summed E-state index contributed by atoms with van der Waals surface area (Å²) in [7, 11) is -5.77. The Morgan fingerprint density at radius 3 is 0.875 bits per heavy atom. The molecule has 0 aliphatic heterocycles. The minimum absolute atomic E-state index is 0.409. The molecular formula is C28H44O2P2. The monoisotopic (exact) mass is 474 g/mol. The van der Waals surface area contributed by atoms with Gasteiger partial charge in [0.05, 0.1) is 0 Å². The van der Waals surface area contributed by atoms with Crippen LogP contribution in [-0.2, 0) is 9.13 Å². The summed E-state index contributed by atoms with van der Waals surface area (Å²) in [6, 6.07) is 16.2. The zero-order valence-electron chi connectivity index (χ0n) is 22.3. The van der Waals surface area contributed by atoms with E-state index in [0.29, 0.717) is 0 Å². The summed E-state index contributed by atoms with van der Waals surface area (Å²) in [5.74, 6) is 0. The fourth-order valence-electron chi connectivity index (χ4n) is 5.41. The molecule has 0 atom stereocenters. The molecule has 2 rings (SSSR count). The summed E-state index contributed by atoms with van der Waals surface area (Å²) < 4.78 is 29.9. The minimum Gasteiger partial charge on any atom is -0.318 e. The van der Waals surface area contributed by atoms with Crippen LogP contribution >= 0.6 is 14.3 Å². The highest BCUT2D eigenvalue weighted by Gasteiger charge is 2.51. The summed E-state index contributed by atoms with van der Waals surface area (Å²) in [5, 5.41) is 0.146. The van der Waals surface area contributed by atoms with E-state index in [9.17, 15) is 9.13 Å². The van der Waals surface area contributed by atoms with Gasteiger partial charge in [-0.15, -0.1) is 0 Å². The van der Waals surface area contributed by atoms with Crippen molar-refractivity contribution in [3.05, 3.63) is 48.5 Å². The van der Waals surface area contributed by atoms with Crippen molar-refractivity contribution in [2.24, 2.45) is 0 Å². The van der Waals surface area contributed by atoms with Crippen LogP contribution in [0.15, 0.2) is 48.5 Å². The summed E-state index contributed by atoms with van der Waals surface area (Å²) in [6.45, 7) is 25.0. The average molecular weight is 475 g/mol. The first-order chi connectivity index (χ1) is 14.2.